The van der Waals surface area contributed by atoms with Crippen molar-refractivity contribution >= 4 is 33.5 Å². The maximum Gasteiger partial charge on any atom is 0.195 e. The lowest BCUT2D eigenvalue weighted by Gasteiger charge is -2.28. The van der Waals surface area contributed by atoms with Crippen molar-refractivity contribution in [2.45, 2.75) is 51.4 Å². The van der Waals surface area contributed by atoms with Gasteiger partial charge < -0.3 is 8.83 Å². The minimum Gasteiger partial charge on any atom is -0.464 e. The number of rotatable bonds is 12. The molecule has 0 amide bonds. The number of benzene rings is 6. The summed E-state index contributed by atoms with van der Waals surface area (Å²) in [6.45, 7) is 0. The lowest BCUT2D eigenvalue weighted by atomic mass is 9.72. The molecule has 2 heterocycles. The molecule has 264 valence electrons. The third-order valence-electron chi connectivity index (χ3n) is 11.2. The Morgan fingerprint density at radius 2 is 0.593 bits per heavy atom. The van der Waals surface area contributed by atoms with Crippen molar-refractivity contribution < 1.29 is 18.4 Å². The van der Waals surface area contributed by atoms with E-state index in [1.807, 2.05) is 84.9 Å². The first-order valence-corrected chi connectivity index (χ1v) is 19.0. The van der Waals surface area contributed by atoms with Crippen LogP contribution in [0, 0.1) is 0 Å². The van der Waals surface area contributed by atoms with E-state index < -0.39 is 0 Å². The monoisotopic (exact) mass is 704 g/mol. The van der Waals surface area contributed by atoms with Crippen LogP contribution in [-0.4, -0.2) is 11.6 Å². The first kappa shape index (κ1) is 33.6. The second-order valence-corrected chi connectivity index (χ2v) is 14.3. The number of carbonyl (C=O) groups is 2. The van der Waals surface area contributed by atoms with Crippen LogP contribution in [0.2, 0.25) is 0 Å². The molecule has 1 aliphatic rings. The van der Waals surface area contributed by atoms with Crippen LogP contribution in [0.4, 0.5) is 0 Å². The maximum absolute atomic E-state index is 15.7. The molecule has 0 atom stereocenters. The van der Waals surface area contributed by atoms with Gasteiger partial charge in [-0.3, -0.25) is 9.59 Å². The van der Waals surface area contributed by atoms with Crippen LogP contribution in [0.5, 0.6) is 0 Å². The van der Waals surface area contributed by atoms with Crippen LogP contribution in [-0.2, 0) is 51.4 Å². The Kier molecular flexibility index (Phi) is 9.10. The van der Waals surface area contributed by atoms with Crippen LogP contribution in [0.3, 0.4) is 0 Å². The van der Waals surface area contributed by atoms with Gasteiger partial charge in [-0.05, 0) is 96.9 Å². The van der Waals surface area contributed by atoms with Gasteiger partial charge in [0.25, 0.3) is 0 Å². The fourth-order valence-corrected chi connectivity index (χ4v) is 8.57. The van der Waals surface area contributed by atoms with Crippen LogP contribution < -0.4 is 0 Å². The Morgan fingerprint density at radius 3 is 0.907 bits per heavy atom. The molecule has 2 aromatic heterocycles. The number of ketones is 2. The van der Waals surface area contributed by atoms with Gasteiger partial charge in [0.15, 0.2) is 11.6 Å². The summed E-state index contributed by atoms with van der Waals surface area (Å²) < 4.78 is 12.6. The molecule has 4 nitrogen and oxygen atoms in total. The van der Waals surface area contributed by atoms with Crippen molar-refractivity contribution in [1.29, 1.82) is 0 Å². The Balaban J connectivity index is 1.27. The van der Waals surface area contributed by atoms with E-state index >= 15 is 9.59 Å². The van der Waals surface area contributed by atoms with Crippen LogP contribution >= 0.6 is 0 Å². The van der Waals surface area contributed by atoms with Crippen LogP contribution in [0.25, 0.3) is 21.9 Å². The van der Waals surface area contributed by atoms with Crippen LogP contribution in [0.15, 0.2) is 155 Å². The molecule has 0 aliphatic heterocycles. The normalized spacial score (nSPS) is 12.4. The zero-order valence-corrected chi connectivity index (χ0v) is 30.1. The van der Waals surface area contributed by atoms with Gasteiger partial charge in [0.1, 0.15) is 11.2 Å². The Bertz CT molecular complexity index is 2250. The number of fused-ring (bicyclic) bond motifs is 4. The molecule has 54 heavy (non-hydrogen) atoms. The second kappa shape index (κ2) is 14.6. The van der Waals surface area contributed by atoms with Gasteiger partial charge in [0.05, 0.1) is 12.5 Å². The summed E-state index contributed by atoms with van der Waals surface area (Å²) in [5.41, 5.74) is 11.6. The Hall–Kier alpha value is -6.26. The van der Waals surface area contributed by atoms with Crippen molar-refractivity contribution in [3.05, 3.63) is 213 Å². The number of furan rings is 2. The van der Waals surface area contributed by atoms with Gasteiger partial charge in [-0.1, -0.05) is 121 Å². The highest BCUT2D eigenvalue weighted by molar-refractivity contribution is 6.33. The average Bonchev–Trinajstić information content (AvgIpc) is 3.92. The van der Waals surface area contributed by atoms with Gasteiger partial charge in [-0.2, -0.15) is 0 Å². The van der Waals surface area contributed by atoms with Gasteiger partial charge in [0.2, 0.25) is 0 Å². The third-order valence-corrected chi connectivity index (χ3v) is 11.2. The molecular formula is C50H40O4. The molecule has 1 aliphatic carbocycles. The minimum atomic E-state index is -0.0888. The fourth-order valence-electron chi connectivity index (χ4n) is 8.57. The molecular weight excluding hydrogens is 665 g/mol. The highest BCUT2D eigenvalue weighted by Gasteiger charge is 2.40. The quantitative estimate of drug-likeness (QED) is 0.127. The first-order valence-electron chi connectivity index (χ1n) is 19.0. The summed E-state index contributed by atoms with van der Waals surface area (Å²) in [5, 5.41) is 1.82. The standard InChI is InChI=1S/C50H40O4/c51-47-43-37(25-21-33-13-5-1-6-14-33)39-29-31-53-49(39)41(27-23-35-17-9-3-10-18-35)45(43)48(52)44-38(26-22-34-15-7-2-8-16-34)40-30-32-54-50(40)42(46(44)47)28-24-36-19-11-4-12-20-36/h1-20,29-32H,21-28H2. The van der Waals surface area contributed by atoms with E-state index in [0.29, 0.717) is 71.9 Å². The van der Waals surface area contributed by atoms with E-state index in [0.717, 1.165) is 45.9 Å². The fraction of sp³-hybridized carbons (Fsp3) is 0.160. The number of carbonyl (C=O) groups excluding carboxylic acids is 2. The molecule has 0 saturated heterocycles. The Labute approximate surface area is 315 Å². The molecule has 0 unspecified atom stereocenters. The largest absolute Gasteiger partial charge is 0.464 e. The van der Waals surface area contributed by atoms with Crippen molar-refractivity contribution in [3.8, 4) is 0 Å². The molecule has 4 heteroatoms. The highest BCUT2D eigenvalue weighted by Crippen LogP contribution is 2.44. The van der Waals surface area contributed by atoms with Crippen molar-refractivity contribution in [2.75, 3.05) is 0 Å². The summed E-state index contributed by atoms with van der Waals surface area (Å²) >= 11 is 0. The van der Waals surface area contributed by atoms with Gasteiger partial charge in [0, 0.05) is 44.2 Å². The molecule has 8 aromatic rings. The van der Waals surface area contributed by atoms with Crippen molar-refractivity contribution in [3.63, 3.8) is 0 Å². The highest BCUT2D eigenvalue weighted by atomic mass is 16.3. The van der Waals surface area contributed by atoms with Crippen molar-refractivity contribution in [2.24, 2.45) is 0 Å². The summed E-state index contributed by atoms with van der Waals surface area (Å²) in [6.07, 6.45) is 8.63. The topological polar surface area (TPSA) is 60.4 Å². The SMILES string of the molecule is O=C1c2c(c(CCc3ccccc3)c3occc3c2CCc2ccccc2)C(=O)c2c1c(CCc1ccccc1)c1occc1c2CCc1ccccc1. The van der Waals surface area contributed by atoms with Gasteiger partial charge >= 0.3 is 0 Å². The van der Waals surface area contributed by atoms with Crippen LogP contribution in [0.1, 0.15) is 76.4 Å². The van der Waals surface area contributed by atoms with Crippen molar-refractivity contribution in [1.82, 2.24) is 0 Å². The third kappa shape index (κ3) is 6.18. The number of hydrogen-bond donors (Lipinski definition) is 0. The van der Waals surface area contributed by atoms with E-state index in [2.05, 4.69) is 48.5 Å². The first-order chi connectivity index (χ1) is 26.7. The van der Waals surface area contributed by atoms with E-state index in [1.54, 1.807) is 12.5 Å². The lowest BCUT2D eigenvalue weighted by Crippen LogP contribution is -2.28. The summed E-state index contributed by atoms with van der Waals surface area (Å²) in [4.78, 5) is 31.4. The zero-order chi connectivity index (χ0) is 36.4. The van der Waals surface area contributed by atoms with E-state index in [1.165, 1.54) is 22.3 Å². The number of aryl methyl sites for hydroxylation is 8. The predicted octanol–water partition coefficient (Wildman–Crippen LogP) is 11.1. The second-order valence-electron chi connectivity index (χ2n) is 14.3. The predicted molar refractivity (Wildman–Crippen MR) is 215 cm³/mol. The van der Waals surface area contributed by atoms with Gasteiger partial charge in [-0.15, -0.1) is 0 Å². The summed E-state index contributed by atoms with van der Waals surface area (Å²) in [5.74, 6) is -0.178. The zero-order valence-electron chi connectivity index (χ0n) is 30.1. The average molecular weight is 705 g/mol. The molecule has 9 rings (SSSR count). The number of hydrogen-bond acceptors (Lipinski definition) is 4. The molecule has 0 fully saturated rings. The van der Waals surface area contributed by atoms with E-state index in [9.17, 15) is 0 Å². The molecule has 6 aromatic carbocycles. The summed E-state index contributed by atoms with van der Waals surface area (Å²) in [7, 11) is 0. The molecule has 0 N–H and O–H groups in total. The van der Waals surface area contributed by atoms with E-state index in [4.69, 9.17) is 8.83 Å². The Morgan fingerprint density at radius 1 is 0.315 bits per heavy atom. The van der Waals surface area contributed by atoms with Gasteiger partial charge in [-0.25, -0.2) is 0 Å². The molecule has 0 spiro atoms. The molecule has 0 bridgehead atoms. The summed E-state index contributed by atoms with van der Waals surface area (Å²) in [6, 6.07) is 45.2. The lowest BCUT2D eigenvalue weighted by molar-refractivity contribution is 0.0976. The molecule has 0 saturated carbocycles. The minimum absolute atomic E-state index is 0.0888. The smallest absolute Gasteiger partial charge is 0.195 e. The maximum atomic E-state index is 15.7. The molecule has 0 radical (unpaired) electrons. The van der Waals surface area contributed by atoms with E-state index in [-0.39, 0.29) is 11.6 Å².